The van der Waals surface area contributed by atoms with Crippen LogP contribution in [0.15, 0.2) is 24.3 Å². The van der Waals surface area contributed by atoms with Crippen LogP contribution in [0.25, 0.3) is 0 Å². The van der Waals surface area contributed by atoms with E-state index in [1.54, 1.807) is 0 Å². The standard InChI is InChI=1S/C13H16O2.C2H6/c1-10-4-3-5-11(8-10)9-13(6-7-13)12(14)15-2;1-2/h3-5,8H,6-7,9H2,1-2H3;1-2H3. The summed E-state index contributed by atoms with van der Waals surface area (Å²) in [7, 11) is 1.47. The molecule has 0 spiro atoms. The Balaban J connectivity index is 0.000000686. The number of hydrogen-bond acceptors (Lipinski definition) is 2. The SMILES string of the molecule is CC.COC(=O)C1(Cc2cccc(C)c2)CC1. The second kappa shape index (κ2) is 5.85. The van der Waals surface area contributed by atoms with E-state index in [9.17, 15) is 4.79 Å². The highest BCUT2D eigenvalue weighted by Gasteiger charge is 2.50. The zero-order chi connectivity index (χ0) is 12.9. The number of esters is 1. The average molecular weight is 234 g/mol. The van der Waals surface area contributed by atoms with E-state index in [4.69, 9.17) is 4.74 Å². The molecule has 17 heavy (non-hydrogen) atoms. The first kappa shape index (κ1) is 13.8. The number of carbonyl (C=O) groups is 1. The maximum Gasteiger partial charge on any atom is 0.312 e. The van der Waals surface area contributed by atoms with Gasteiger partial charge in [0.15, 0.2) is 0 Å². The zero-order valence-electron chi connectivity index (χ0n) is 11.2. The predicted octanol–water partition coefficient (Wildman–Crippen LogP) is 3.52. The third-order valence-electron chi connectivity index (χ3n) is 3.10. The summed E-state index contributed by atoms with van der Waals surface area (Å²) < 4.78 is 4.84. The number of carbonyl (C=O) groups excluding carboxylic acids is 1. The van der Waals surface area contributed by atoms with E-state index in [0.29, 0.717) is 0 Å². The quantitative estimate of drug-likeness (QED) is 0.748. The molecular weight excluding hydrogens is 212 g/mol. The Hall–Kier alpha value is -1.31. The molecule has 94 valence electrons. The topological polar surface area (TPSA) is 26.3 Å². The Bertz CT molecular complexity index is 378. The molecule has 1 aliphatic carbocycles. The van der Waals surface area contributed by atoms with Gasteiger partial charge in [-0.1, -0.05) is 43.7 Å². The summed E-state index contributed by atoms with van der Waals surface area (Å²) in [6.07, 6.45) is 2.75. The Morgan fingerprint density at radius 2 is 2.00 bits per heavy atom. The van der Waals surface area contributed by atoms with Gasteiger partial charge in [0.25, 0.3) is 0 Å². The molecule has 0 bridgehead atoms. The molecule has 2 heteroatoms. The summed E-state index contributed by atoms with van der Waals surface area (Å²) in [6.45, 7) is 6.07. The molecule has 0 aromatic heterocycles. The fourth-order valence-electron chi connectivity index (χ4n) is 2.03. The van der Waals surface area contributed by atoms with Crippen LogP contribution in [0.5, 0.6) is 0 Å². The first-order chi connectivity index (χ1) is 8.16. The summed E-state index contributed by atoms with van der Waals surface area (Å²) in [5, 5.41) is 0. The van der Waals surface area contributed by atoms with E-state index in [2.05, 4.69) is 25.1 Å². The summed E-state index contributed by atoms with van der Waals surface area (Å²) >= 11 is 0. The summed E-state index contributed by atoms with van der Waals surface area (Å²) in [5.41, 5.74) is 2.27. The van der Waals surface area contributed by atoms with Gasteiger partial charge in [-0.05, 0) is 31.7 Å². The second-order valence-electron chi connectivity index (χ2n) is 4.44. The van der Waals surface area contributed by atoms with E-state index in [1.807, 2.05) is 19.9 Å². The van der Waals surface area contributed by atoms with E-state index in [0.717, 1.165) is 19.3 Å². The van der Waals surface area contributed by atoms with Crippen molar-refractivity contribution in [2.75, 3.05) is 7.11 Å². The van der Waals surface area contributed by atoms with Crippen molar-refractivity contribution in [3.8, 4) is 0 Å². The van der Waals surface area contributed by atoms with Crippen molar-refractivity contribution in [1.82, 2.24) is 0 Å². The number of ether oxygens (including phenoxy) is 1. The van der Waals surface area contributed by atoms with Crippen LogP contribution in [0.1, 0.15) is 37.8 Å². The number of benzene rings is 1. The van der Waals surface area contributed by atoms with E-state index < -0.39 is 0 Å². The minimum Gasteiger partial charge on any atom is -0.469 e. The lowest BCUT2D eigenvalue weighted by molar-refractivity contribution is -0.147. The maximum absolute atomic E-state index is 11.6. The van der Waals surface area contributed by atoms with Crippen LogP contribution in [0, 0.1) is 12.3 Å². The van der Waals surface area contributed by atoms with Gasteiger partial charge in [-0.15, -0.1) is 0 Å². The molecule has 2 nitrogen and oxygen atoms in total. The minimum atomic E-state index is -0.206. The molecule has 0 saturated heterocycles. The molecule has 1 aromatic rings. The molecule has 0 N–H and O–H groups in total. The fourth-order valence-corrected chi connectivity index (χ4v) is 2.03. The van der Waals surface area contributed by atoms with Crippen molar-refractivity contribution in [2.45, 2.75) is 40.0 Å². The predicted molar refractivity (Wildman–Crippen MR) is 69.9 cm³/mol. The summed E-state index contributed by atoms with van der Waals surface area (Å²) in [6, 6.07) is 8.33. The average Bonchev–Trinajstić information content (AvgIpc) is 3.11. The van der Waals surface area contributed by atoms with Gasteiger partial charge in [-0.25, -0.2) is 0 Å². The third-order valence-corrected chi connectivity index (χ3v) is 3.10. The molecule has 0 amide bonds. The lowest BCUT2D eigenvalue weighted by Gasteiger charge is -2.12. The first-order valence-corrected chi connectivity index (χ1v) is 6.30. The Kier molecular flexibility index (Phi) is 4.73. The van der Waals surface area contributed by atoms with Gasteiger partial charge >= 0.3 is 5.97 Å². The molecular formula is C15H22O2. The highest BCUT2D eigenvalue weighted by atomic mass is 16.5. The van der Waals surface area contributed by atoms with Crippen LogP contribution in [0.3, 0.4) is 0 Å². The van der Waals surface area contributed by atoms with Crippen LogP contribution in [0.2, 0.25) is 0 Å². The van der Waals surface area contributed by atoms with Crippen LogP contribution in [-0.2, 0) is 16.0 Å². The fraction of sp³-hybridized carbons (Fsp3) is 0.533. The van der Waals surface area contributed by atoms with Gasteiger partial charge in [0.05, 0.1) is 12.5 Å². The van der Waals surface area contributed by atoms with Crippen molar-refractivity contribution in [3.63, 3.8) is 0 Å². The minimum absolute atomic E-state index is 0.0518. The third kappa shape index (κ3) is 3.32. The highest BCUT2D eigenvalue weighted by molar-refractivity contribution is 5.80. The summed E-state index contributed by atoms with van der Waals surface area (Å²) in [5.74, 6) is -0.0518. The second-order valence-corrected chi connectivity index (χ2v) is 4.44. The lowest BCUT2D eigenvalue weighted by Crippen LogP contribution is -2.19. The smallest absolute Gasteiger partial charge is 0.312 e. The highest BCUT2D eigenvalue weighted by Crippen LogP contribution is 2.49. The zero-order valence-corrected chi connectivity index (χ0v) is 11.2. The molecule has 1 fully saturated rings. The molecule has 0 radical (unpaired) electrons. The van der Waals surface area contributed by atoms with Crippen molar-refractivity contribution in [1.29, 1.82) is 0 Å². The van der Waals surface area contributed by atoms with Crippen molar-refractivity contribution >= 4 is 5.97 Å². The monoisotopic (exact) mass is 234 g/mol. The normalized spacial score (nSPS) is 15.5. The van der Waals surface area contributed by atoms with Crippen molar-refractivity contribution in [2.24, 2.45) is 5.41 Å². The number of rotatable bonds is 3. The van der Waals surface area contributed by atoms with Gasteiger partial charge in [0, 0.05) is 0 Å². The first-order valence-electron chi connectivity index (χ1n) is 6.30. The largest absolute Gasteiger partial charge is 0.469 e. The molecule has 0 heterocycles. The Morgan fingerprint density at radius 1 is 1.35 bits per heavy atom. The number of methoxy groups -OCH3 is 1. The molecule has 1 aromatic carbocycles. The van der Waals surface area contributed by atoms with Crippen molar-refractivity contribution in [3.05, 3.63) is 35.4 Å². The van der Waals surface area contributed by atoms with E-state index >= 15 is 0 Å². The van der Waals surface area contributed by atoms with Crippen LogP contribution >= 0.6 is 0 Å². The molecule has 0 unspecified atom stereocenters. The van der Waals surface area contributed by atoms with Gasteiger partial charge < -0.3 is 4.74 Å². The van der Waals surface area contributed by atoms with Gasteiger partial charge in [-0.3, -0.25) is 4.79 Å². The van der Waals surface area contributed by atoms with Gasteiger partial charge in [0.2, 0.25) is 0 Å². The van der Waals surface area contributed by atoms with Gasteiger partial charge in [-0.2, -0.15) is 0 Å². The van der Waals surface area contributed by atoms with Crippen molar-refractivity contribution < 1.29 is 9.53 Å². The molecule has 2 rings (SSSR count). The van der Waals surface area contributed by atoms with Gasteiger partial charge in [0.1, 0.15) is 0 Å². The summed E-state index contributed by atoms with van der Waals surface area (Å²) in [4.78, 5) is 11.6. The molecule has 1 saturated carbocycles. The number of aryl methyl sites for hydroxylation is 1. The number of hydrogen-bond donors (Lipinski definition) is 0. The lowest BCUT2D eigenvalue weighted by atomic mass is 9.96. The van der Waals surface area contributed by atoms with E-state index in [-0.39, 0.29) is 11.4 Å². The van der Waals surface area contributed by atoms with Crippen LogP contribution in [0.4, 0.5) is 0 Å². The molecule has 0 atom stereocenters. The molecule has 1 aliphatic rings. The van der Waals surface area contributed by atoms with Crippen LogP contribution in [-0.4, -0.2) is 13.1 Å². The van der Waals surface area contributed by atoms with Crippen LogP contribution < -0.4 is 0 Å². The van der Waals surface area contributed by atoms with E-state index in [1.165, 1.54) is 18.2 Å². The Morgan fingerprint density at radius 3 is 2.47 bits per heavy atom. The molecule has 0 aliphatic heterocycles. The maximum atomic E-state index is 11.6. The Labute approximate surface area is 104 Å².